The molecule has 1 aromatic carbocycles. The van der Waals surface area contributed by atoms with Gasteiger partial charge in [-0.15, -0.1) is 0 Å². The first-order valence-electron chi connectivity index (χ1n) is 8.53. The molecule has 6 nitrogen and oxygen atoms in total. The number of carbonyl (C=O) groups is 2. The van der Waals surface area contributed by atoms with Crippen LogP contribution in [0.4, 0.5) is 16.0 Å². The first-order chi connectivity index (χ1) is 12.2. The minimum atomic E-state index is -0.715. The normalized spacial score (nSPS) is 17.7. The molecule has 3 rings (SSSR count). The van der Waals surface area contributed by atoms with Gasteiger partial charge in [0.1, 0.15) is 11.9 Å². The fourth-order valence-electron chi connectivity index (χ4n) is 2.88. The molecule has 1 N–H and O–H groups in total. The highest BCUT2D eigenvalue weighted by atomic mass is 19.1. The smallest absolute Gasteiger partial charge is 0.249 e. The average Bonchev–Trinajstić information content (AvgIpc) is 3.16. The monoisotopic (exact) mass is 359 g/mol. The quantitative estimate of drug-likeness (QED) is 0.909. The Morgan fingerprint density at radius 2 is 2.08 bits per heavy atom. The Morgan fingerprint density at radius 3 is 2.69 bits per heavy atom. The van der Waals surface area contributed by atoms with Crippen molar-refractivity contribution in [3.63, 3.8) is 0 Å². The summed E-state index contributed by atoms with van der Waals surface area (Å²) in [6, 6.07) is 5.48. The van der Waals surface area contributed by atoms with E-state index in [2.05, 4.69) is 10.5 Å². The summed E-state index contributed by atoms with van der Waals surface area (Å²) in [4.78, 5) is 26.3. The summed E-state index contributed by atoms with van der Waals surface area (Å²) < 4.78 is 19.1. The van der Waals surface area contributed by atoms with Gasteiger partial charge in [-0.2, -0.15) is 0 Å². The van der Waals surface area contributed by atoms with Gasteiger partial charge in [-0.1, -0.05) is 32.0 Å². The molecular weight excluding hydrogens is 337 g/mol. The summed E-state index contributed by atoms with van der Waals surface area (Å²) in [7, 11) is 0. The second-order valence-electron chi connectivity index (χ2n) is 7.57. The van der Waals surface area contributed by atoms with Crippen molar-refractivity contribution < 1.29 is 18.5 Å². The summed E-state index contributed by atoms with van der Waals surface area (Å²) in [6.45, 7) is 7.60. The first-order valence-corrected chi connectivity index (χ1v) is 8.53. The highest BCUT2D eigenvalue weighted by molar-refractivity contribution is 6.07. The number of hydrogen-bond donors (Lipinski definition) is 1. The predicted molar refractivity (Wildman–Crippen MR) is 95.5 cm³/mol. The zero-order chi connectivity index (χ0) is 19.1. The maximum atomic E-state index is 13.9. The molecule has 1 aliphatic heterocycles. The largest absolute Gasteiger partial charge is 0.338 e. The summed E-state index contributed by atoms with van der Waals surface area (Å²) in [5.74, 6) is -0.768. The molecule has 0 saturated carbocycles. The van der Waals surface area contributed by atoms with Gasteiger partial charge in [-0.25, -0.2) is 4.39 Å². The molecule has 1 unspecified atom stereocenters. The van der Waals surface area contributed by atoms with Crippen LogP contribution in [0.5, 0.6) is 0 Å². The molecule has 2 aromatic rings. The first kappa shape index (κ1) is 18.1. The van der Waals surface area contributed by atoms with Crippen LogP contribution in [-0.2, 0) is 15.0 Å². The molecule has 1 aliphatic rings. The number of aromatic nitrogens is 1. The van der Waals surface area contributed by atoms with Crippen LogP contribution in [0.25, 0.3) is 0 Å². The third-order valence-corrected chi connectivity index (χ3v) is 4.47. The average molecular weight is 359 g/mol. The highest BCUT2D eigenvalue weighted by Crippen LogP contribution is 2.29. The number of halogens is 1. The van der Waals surface area contributed by atoms with E-state index in [-0.39, 0.29) is 29.5 Å². The van der Waals surface area contributed by atoms with E-state index in [0.29, 0.717) is 23.4 Å². The number of amides is 2. The van der Waals surface area contributed by atoms with Crippen LogP contribution in [0.1, 0.15) is 44.9 Å². The van der Waals surface area contributed by atoms with Gasteiger partial charge < -0.3 is 4.52 Å². The lowest BCUT2D eigenvalue weighted by Crippen LogP contribution is -2.41. The second kappa shape index (κ2) is 6.55. The van der Waals surface area contributed by atoms with Crippen molar-refractivity contribution in [3.05, 3.63) is 41.3 Å². The molecule has 7 heteroatoms. The standard InChI is InChI=1S/C19H22FN3O3/c1-11-5-6-12(9-13(11)20)23-14(7-8-17(23)24)18(25)21-16-10-15(22-26-16)19(2,3)4/h5-6,9-10,14H,7-8H2,1-4H3,(H,21,25). The molecule has 0 aliphatic carbocycles. The van der Waals surface area contributed by atoms with Crippen molar-refractivity contribution in [2.75, 3.05) is 10.2 Å². The summed E-state index contributed by atoms with van der Waals surface area (Å²) in [5.41, 5.74) is 1.37. The zero-order valence-electron chi connectivity index (χ0n) is 15.3. The number of anilines is 2. The number of aryl methyl sites for hydroxylation is 1. The molecule has 1 fully saturated rings. The Bertz CT molecular complexity index is 854. The molecule has 2 heterocycles. The van der Waals surface area contributed by atoms with Gasteiger partial charge in [0.15, 0.2) is 0 Å². The van der Waals surface area contributed by atoms with Gasteiger partial charge in [-0.3, -0.25) is 19.8 Å². The maximum Gasteiger partial charge on any atom is 0.249 e. The number of carbonyl (C=O) groups excluding carboxylic acids is 2. The predicted octanol–water partition coefficient (Wildman–Crippen LogP) is 3.55. The van der Waals surface area contributed by atoms with E-state index in [1.165, 1.54) is 11.0 Å². The van der Waals surface area contributed by atoms with Crippen LogP contribution in [0.2, 0.25) is 0 Å². The van der Waals surface area contributed by atoms with Crippen LogP contribution in [0.3, 0.4) is 0 Å². The van der Waals surface area contributed by atoms with Crippen molar-refractivity contribution in [3.8, 4) is 0 Å². The van der Waals surface area contributed by atoms with Crippen LogP contribution < -0.4 is 10.2 Å². The summed E-state index contributed by atoms with van der Waals surface area (Å²) in [5, 5.41) is 6.63. The molecule has 1 aromatic heterocycles. The third-order valence-electron chi connectivity index (χ3n) is 4.47. The van der Waals surface area contributed by atoms with Crippen molar-refractivity contribution in [2.45, 2.75) is 52.0 Å². The molecule has 138 valence electrons. The van der Waals surface area contributed by atoms with Gasteiger partial charge in [0.25, 0.3) is 0 Å². The molecule has 1 atom stereocenters. The fraction of sp³-hybridized carbons (Fsp3) is 0.421. The van der Waals surface area contributed by atoms with Crippen molar-refractivity contribution in [2.24, 2.45) is 0 Å². The Labute approximate surface area is 151 Å². The number of rotatable bonds is 3. The van der Waals surface area contributed by atoms with Crippen LogP contribution >= 0.6 is 0 Å². The van der Waals surface area contributed by atoms with Crippen molar-refractivity contribution >= 4 is 23.4 Å². The number of hydrogen-bond acceptors (Lipinski definition) is 4. The van der Waals surface area contributed by atoms with E-state index < -0.39 is 11.9 Å². The Kier molecular flexibility index (Phi) is 4.56. The van der Waals surface area contributed by atoms with Gasteiger partial charge >= 0.3 is 0 Å². The Balaban J connectivity index is 1.80. The zero-order valence-corrected chi connectivity index (χ0v) is 15.3. The Hall–Kier alpha value is -2.70. The number of nitrogens with one attached hydrogen (secondary N) is 1. The van der Waals surface area contributed by atoms with E-state index in [1.807, 2.05) is 20.8 Å². The molecule has 26 heavy (non-hydrogen) atoms. The maximum absolute atomic E-state index is 13.9. The molecular formula is C19H22FN3O3. The Morgan fingerprint density at radius 1 is 1.35 bits per heavy atom. The number of nitrogens with zero attached hydrogens (tertiary/aromatic N) is 2. The van der Waals surface area contributed by atoms with Crippen molar-refractivity contribution in [1.82, 2.24) is 5.16 Å². The summed E-state index contributed by atoms with van der Waals surface area (Å²) in [6.07, 6.45) is 0.595. The second-order valence-corrected chi connectivity index (χ2v) is 7.57. The molecule has 2 amide bonds. The number of benzene rings is 1. The van der Waals surface area contributed by atoms with Gasteiger partial charge in [-0.05, 0) is 31.0 Å². The fourth-order valence-corrected chi connectivity index (χ4v) is 2.88. The molecule has 1 saturated heterocycles. The lowest BCUT2D eigenvalue weighted by atomic mass is 9.92. The van der Waals surface area contributed by atoms with E-state index >= 15 is 0 Å². The van der Waals surface area contributed by atoms with Crippen molar-refractivity contribution in [1.29, 1.82) is 0 Å². The van der Waals surface area contributed by atoms with Gasteiger partial charge in [0.05, 0.1) is 5.69 Å². The SMILES string of the molecule is Cc1ccc(N2C(=O)CCC2C(=O)Nc2cc(C(C)(C)C)no2)cc1F. The van der Waals surface area contributed by atoms with E-state index in [1.54, 1.807) is 25.1 Å². The van der Waals surface area contributed by atoms with E-state index in [4.69, 9.17) is 4.52 Å². The minimum absolute atomic E-state index is 0.207. The lowest BCUT2D eigenvalue weighted by molar-refractivity contribution is -0.120. The van der Waals surface area contributed by atoms with Crippen LogP contribution in [0, 0.1) is 12.7 Å². The summed E-state index contributed by atoms with van der Waals surface area (Å²) >= 11 is 0. The van der Waals surface area contributed by atoms with Crippen LogP contribution in [-0.4, -0.2) is 23.0 Å². The van der Waals surface area contributed by atoms with E-state index in [9.17, 15) is 14.0 Å². The van der Waals surface area contributed by atoms with E-state index in [0.717, 1.165) is 0 Å². The lowest BCUT2D eigenvalue weighted by Gasteiger charge is -2.24. The van der Waals surface area contributed by atoms with Gasteiger partial charge in [0.2, 0.25) is 17.7 Å². The molecule has 0 bridgehead atoms. The topological polar surface area (TPSA) is 75.4 Å². The molecule has 0 spiro atoms. The van der Waals surface area contributed by atoms with Gasteiger partial charge in [0, 0.05) is 23.6 Å². The third kappa shape index (κ3) is 3.47. The highest BCUT2D eigenvalue weighted by Gasteiger charge is 2.37. The minimum Gasteiger partial charge on any atom is -0.338 e. The molecule has 0 radical (unpaired) electrons. The van der Waals surface area contributed by atoms with Crippen LogP contribution in [0.15, 0.2) is 28.8 Å².